The van der Waals surface area contributed by atoms with E-state index in [1.165, 1.54) is 31.4 Å². The Kier molecular flexibility index (Phi) is 3.29. The molecular formula is C14H10BrF2N3O. The molecule has 0 aliphatic rings. The fraction of sp³-hybridized carbons (Fsp3) is 0.0714. The third-order valence-electron chi connectivity index (χ3n) is 3.10. The third kappa shape index (κ3) is 2.23. The molecule has 0 spiro atoms. The zero-order chi connectivity index (χ0) is 15.1. The average molecular weight is 354 g/mol. The van der Waals surface area contributed by atoms with Crippen LogP contribution in [-0.2, 0) is 0 Å². The number of hydrogen-bond donors (Lipinski definition) is 1. The summed E-state index contributed by atoms with van der Waals surface area (Å²) < 4.78 is 34.0. The minimum atomic E-state index is -0.521. The van der Waals surface area contributed by atoms with Crippen LogP contribution in [0.5, 0.6) is 5.75 Å². The second-order valence-electron chi connectivity index (χ2n) is 4.38. The molecule has 3 rings (SSSR count). The summed E-state index contributed by atoms with van der Waals surface area (Å²) in [6, 6.07) is 6.95. The molecule has 0 fully saturated rings. The second-order valence-corrected chi connectivity index (χ2v) is 5.23. The first-order valence-corrected chi connectivity index (χ1v) is 6.77. The van der Waals surface area contributed by atoms with E-state index in [2.05, 4.69) is 20.9 Å². The van der Waals surface area contributed by atoms with Crippen molar-refractivity contribution in [3.05, 3.63) is 46.4 Å². The van der Waals surface area contributed by atoms with Crippen LogP contribution >= 0.6 is 15.9 Å². The number of imidazole rings is 1. The SMILES string of the molecule is COc1cc2c(cc1F)nc(N)n2-c1ccc(F)cc1Br. The Labute approximate surface area is 127 Å². The van der Waals surface area contributed by atoms with Crippen LogP contribution in [0.15, 0.2) is 34.8 Å². The Morgan fingerprint density at radius 3 is 2.67 bits per heavy atom. The van der Waals surface area contributed by atoms with Crippen molar-refractivity contribution in [3.63, 3.8) is 0 Å². The van der Waals surface area contributed by atoms with Gasteiger partial charge < -0.3 is 10.5 Å². The van der Waals surface area contributed by atoms with E-state index in [-0.39, 0.29) is 17.5 Å². The highest BCUT2D eigenvalue weighted by Gasteiger charge is 2.16. The van der Waals surface area contributed by atoms with Gasteiger partial charge in [0.15, 0.2) is 11.6 Å². The first kappa shape index (κ1) is 13.8. The number of nitrogen functional groups attached to an aromatic ring is 1. The predicted octanol–water partition coefficient (Wildman–Crippen LogP) is 3.66. The molecule has 4 nitrogen and oxygen atoms in total. The smallest absolute Gasteiger partial charge is 0.205 e. The van der Waals surface area contributed by atoms with Crippen molar-refractivity contribution >= 4 is 32.9 Å². The van der Waals surface area contributed by atoms with Crippen molar-refractivity contribution in [2.75, 3.05) is 12.8 Å². The van der Waals surface area contributed by atoms with E-state index in [0.29, 0.717) is 21.2 Å². The zero-order valence-corrected chi connectivity index (χ0v) is 12.5. The molecule has 0 saturated carbocycles. The highest BCUT2D eigenvalue weighted by molar-refractivity contribution is 9.10. The molecule has 0 unspecified atom stereocenters. The number of rotatable bonds is 2. The van der Waals surface area contributed by atoms with E-state index in [9.17, 15) is 8.78 Å². The van der Waals surface area contributed by atoms with Crippen LogP contribution < -0.4 is 10.5 Å². The lowest BCUT2D eigenvalue weighted by Crippen LogP contribution is -2.02. The van der Waals surface area contributed by atoms with E-state index in [1.807, 2.05) is 0 Å². The van der Waals surface area contributed by atoms with Gasteiger partial charge in [0.05, 0.1) is 23.8 Å². The van der Waals surface area contributed by atoms with Crippen molar-refractivity contribution in [2.45, 2.75) is 0 Å². The highest BCUT2D eigenvalue weighted by atomic mass is 79.9. The Morgan fingerprint density at radius 2 is 2.00 bits per heavy atom. The van der Waals surface area contributed by atoms with Crippen LogP contribution in [0.3, 0.4) is 0 Å². The van der Waals surface area contributed by atoms with Gasteiger partial charge in [0.25, 0.3) is 0 Å². The van der Waals surface area contributed by atoms with Gasteiger partial charge in [0.2, 0.25) is 5.95 Å². The summed E-state index contributed by atoms with van der Waals surface area (Å²) in [4.78, 5) is 4.12. The molecular weight excluding hydrogens is 344 g/mol. The summed E-state index contributed by atoms with van der Waals surface area (Å²) in [5.74, 6) is -0.642. The largest absolute Gasteiger partial charge is 0.494 e. The fourth-order valence-corrected chi connectivity index (χ4v) is 2.70. The fourth-order valence-electron chi connectivity index (χ4n) is 2.17. The summed E-state index contributed by atoms with van der Waals surface area (Å²) in [7, 11) is 1.38. The van der Waals surface area contributed by atoms with E-state index < -0.39 is 5.82 Å². The lowest BCUT2D eigenvalue weighted by molar-refractivity contribution is 0.387. The van der Waals surface area contributed by atoms with Gasteiger partial charge in [-0.25, -0.2) is 13.8 Å². The lowest BCUT2D eigenvalue weighted by atomic mass is 10.2. The van der Waals surface area contributed by atoms with Gasteiger partial charge in [-0.15, -0.1) is 0 Å². The van der Waals surface area contributed by atoms with Crippen molar-refractivity contribution in [1.29, 1.82) is 0 Å². The van der Waals surface area contributed by atoms with Crippen molar-refractivity contribution in [1.82, 2.24) is 9.55 Å². The maximum absolute atomic E-state index is 13.7. The molecule has 0 saturated heterocycles. The summed E-state index contributed by atoms with van der Waals surface area (Å²) in [5.41, 5.74) is 7.47. The standard InChI is InChI=1S/C14H10BrF2N3O/c1-21-13-6-12-10(5-9(13)17)19-14(18)20(12)11-3-2-7(16)4-8(11)15/h2-6H,1H3,(H2,18,19). The van der Waals surface area contributed by atoms with Crippen LogP contribution in [0, 0.1) is 11.6 Å². The highest BCUT2D eigenvalue weighted by Crippen LogP contribution is 2.32. The molecule has 21 heavy (non-hydrogen) atoms. The number of fused-ring (bicyclic) bond motifs is 1. The summed E-state index contributed by atoms with van der Waals surface area (Å²) in [6.07, 6.45) is 0. The van der Waals surface area contributed by atoms with Gasteiger partial charge in [0.1, 0.15) is 5.82 Å². The number of aromatic nitrogens is 2. The third-order valence-corrected chi connectivity index (χ3v) is 3.74. The Balaban J connectivity index is 2.33. The molecule has 0 aliphatic heterocycles. The van der Waals surface area contributed by atoms with Crippen LogP contribution in [0.4, 0.5) is 14.7 Å². The normalized spacial score (nSPS) is 11.0. The van der Waals surface area contributed by atoms with Gasteiger partial charge in [-0.05, 0) is 34.1 Å². The van der Waals surface area contributed by atoms with Crippen LogP contribution in [0.2, 0.25) is 0 Å². The average Bonchev–Trinajstić information content (AvgIpc) is 2.73. The number of nitrogens with two attached hydrogens (primary N) is 1. The molecule has 1 aromatic heterocycles. The van der Waals surface area contributed by atoms with Crippen LogP contribution in [0.1, 0.15) is 0 Å². The number of hydrogen-bond acceptors (Lipinski definition) is 3. The maximum Gasteiger partial charge on any atom is 0.205 e. The van der Waals surface area contributed by atoms with Gasteiger partial charge >= 0.3 is 0 Å². The first-order valence-electron chi connectivity index (χ1n) is 5.98. The number of anilines is 1. The van der Waals surface area contributed by atoms with Crippen molar-refractivity contribution < 1.29 is 13.5 Å². The lowest BCUT2D eigenvalue weighted by Gasteiger charge is -2.10. The van der Waals surface area contributed by atoms with Gasteiger partial charge in [-0.2, -0.15) is 0 Å². The predicted molar refractivity (Wildman–Crippen MR) is 79.7 cm³/mol. The number of methoxy groups -OCH3 is 1. The van der Waals surface area contributed by atoms with E-state index in [4.69, 9.17) is 10.5 Å². The minimum absolute atomic E-state index is 0.0851. The number of benzene rings is 2. The first-order chi connectivity index (χ1) is 10.0. The molecule has 0 amide bonds. The Morgan fingerprint density at radius 1 is 1.24 bits per heavy atom. The molecule has 3 aromatic rings. The van der Waals surface area contributed by atoms with Crippen molar-refractivity contribution in [2.24, 2.45) is 0 Å². The molecule has 0 radical (unpaired) electrons. The quantitative estimate of drug-likeness (QED) is 0.764. The topological polar surface area (TPSA) is 53.1 Å². The van der Waals surface area contributed by atoms with Gasteiger partial charge in [-0.3, -0.25) is 4.57 Å². The molecule has 7 heteroatoms. The minimum Gasteiger partial charge on any atom is -0.494 e. The Hall–Kier alpha value is -2.15. The second kappa shape index (κ2) is 5.00. The molecule has 1 heterocycles. The summed E-state index contributed by atoms with van der Waals surface area (Å²) in [5, 5.41) is 0. The zero-order valence-electron chi connectivity index (χ0n) is 10.9. The van der Waals surface area contributed by atoms with Crippen molar-refractivity contribution in [3.8, 4) is 11.4 Å². The molecule has 2 aromatic carbocycles. The Bertz CT molecular complexity index is 848. The van der Waals surface area contributed by atoms with E-state index in [0.717, 1.165) is 0 Å². The van der Waals surface area contributed by atoms with Gasteiger partial charge in [0, 0.05) is 16.6 Å². The number of halogens is 3. The number of nitrogens with zero attached hydrogens (tertiary/aromatic N) is 2. The molecule has 108 valence electrons. The molecule has 0 aliphatic carbocycles. The summed E-state index contributed by atoms with van der Waals surface area (Å²) in [6.45, 7) is 0. The molecule has 0 bridgehead atoms. The molecule has 2 N–H and O–H groups in total. The van der Waals surface area contributed by atoms with E-state index >= 15 is 0 Å². The summed E-state index contributed by atoms with van der Waals surface area (Å²) >= 11 is 3.29. The number of ether oxygens (including phenoxy) is 1. The van der Waals surface area contributed by atoms with Crippen LogP contribution in [0.25, 0.3) is 16.7 Å². The van der Waals surface area contributed by atoms with Crippen LogP contribution in [-0.4, -0.2) is 16.7 Å². The monoisotopic (exact) mass is 353 g/mol. The van der Waals surface area contributed by atoms with Gasteiger partial charge in [-0.1, -0.05) is 0 Å². The molecule has 0 atom stereocenters. The maximum atomic E-state index is 13.7. The van der Waals surface area contributed by atoms with E-state index in [1.54, 1.807) is 10.6 Å².